The minimum Gasteiger partial charge on any atom is -0.459 e. The molecule has 6 nitrogen and oxygen atoms in total. The molecule has 1 unspecified atom stereocenters. The van der Waals surface area contributed by atoms with Crippen molar-refractivity contribution in [2.75, 3.05) is 32.8 Å². The average Bonchev–Trinajstić information content (AvgIpc) is 3.36. The van der Waals surface area contributed by atoms with Crippen molar-refractivity contribution in [3.8, 4) is 0 Å². The Bertz CT molecular complexity index is 628. The molecule has 6 heteroatoms. The highest BCUT2D eigenvalue weighted by atomic mass is 16.5. The van der Waals surface area contributed by atoms with E-state index in [1.807, 2.05) is 9.80 Å². The topological polar surface area (TPSA) is 63.0 Å². The van der Waals surface area contributed by atoms with Gasteiger partial charge in [-0.05, 0) is 56.6 Å². The van der Waals surface area contributed by atoms with Gasteiger partial charge in [-0.25, -0.2) is 0 Å². The zero-order chi connectivity index (χ0) is 18.0. The normalized spacial score (nSPS) is 25.6. The van der Waals surface area contributed by atoms with E-state index in [1.165, 1.54) is 6.26 Å². The first-order chi connectivity index (χ1) is 12.7. The van der Waals surface area contributed by atoms with Gasteiger partial charge in [-0.15, -0.1) is 0 Å². The van der Waals surface area contributed by atoms with E-state index in [2.05, 4.69) is 0 Å². The number of carbonyl (C=O) groups excluding carboxylic acids is 2. The molecule has 4 heterocycles. The largest absolute Gasteiger partial charge is 0.459 e. The number of likely N-dealkylation sites (tertiary alicyclic amines) is 2. The van der Waals surface area contributed by atoms with Crippen LogP contribution in [-0.2, 0) is 9.53 Å². The molecular weight excluding hydrogens is 332 g/mol. The zero-order valence-corrected chi connectivity index (χ0v) is 15.3. The molecule has 1 aromatic rings. The summed E-state index contributed by atoms with van der Waals surface area (Å²) in [6.45, 7) is 3.96. The summed E-state index contributed by atoms with van der Waals surface area (Å²) in [4.78, 5) is 28.8. The molecule has 3 aliphatic rings. The fourth-order valence-corrected chi connectivity index (χ4v) is 4.67. The first kappa shape index (κ1) is 17.6. The summed E-state index contributed by atoms with van der Waals surface area (Å²) in [5, 5.41) is 0. The summed E-state index contributed by atoms with van der Waals surface area (Å²) in [6.07, 6.45) is 8.06. The Balaban J connectivity index is 1.31. The third kappa shape index (κ3) is 3.65. The molecule has 3 aliphatic heterocycles. The van der Waals surface area contributed by atoms with Crippen molar-refractivity contribution in [2.24, 2.45) is 5.92 Å². The molecule has 4 rings (SSSR count). The molecule has 26 heavy (non-hydrogen) atoms. The van der Waals surface area contributed by atoms with Crippen LogP contribution in [0, 0.1) is 5.92 Å². The van der Waals surface area contributed by atoms with Crippen molar-refractivity contribution in [3.63, 3.8) is 0 Å². The third-order valence-electron chi connectivity index (χ3n) is 6.21. The second-order valence-electron chi connectivity index (χ2n) is 7.95. The molecule has 0 bridgehead atoms. The van der Waals surface area contributed by atoms with Crippen LogP contribution in [0.15, 0.2) is 22.8 Å². The Morgan fingerprint density at radius 2 is 1.88 bits per heavy atom. The number of carbonyl (C=O) groups is 2. The SMILES string of the molecule is O=C(CC1CCOC2(CCN(C(=O)c3ccco3)CC2)C1)N1CCCC1. The van der Waals surface area contributed by atoms with Crippen LogP contribution in [-0.4, -0.2) is 60.0 Å². The zero-order valence-electron chi connectivity index (χ0n) is 15.3. The van der Waals surface area contributed by atoms with Gasteiger partial charge in [0.1, 0.15) is 0 Å². The molecule has 0 N–H and O–H groups in total. The van der Waals surface area contributed by atoms with Crippen molar-refractivity contribution in [1.29, 1.82) is 0 Å². The molecule has 1 spiro atoms. The van der Waals surface area contributed by atoms with E-state index in [1.54, 1.807) is 12.1 Å². The number of hydrogen-bond donors (Lipinski definition) is 0. The van der Waals surface area contributed by atoms with E-state index < -0.39 is 0 Å². The fourth-order valence-electron chi connectivity index (χ4n) is 4.67. The van der Waals surface area contributed by atoms with Crippen LogP contribution in [0.1, 0.15) is 55.5 Å². The molecule has 0 saturated carbocycles. The lowest BCUT2D eigenvalue weighted by Crippen LogP contribution is -2.51. The second-order valence-corrected chi connectivity index (χ2v) is 7.95. The van der Waals surface area contributed by atoms with Crippen LogP contribution in [0.2, 0.25) is 0 Å². The van der Waals surface area contributed by atoms with Gasteiger partial charge >= 0.3 is 0 Å². The van der Waals surface area contributed by atoms with E-state index in [-0.39, 0.29) is 11.5 Å². The monoisotopic (exact) mass is 360 g/mol. The first-order valence-electron chi connectivity index (χ1n) is 9.90. The lowest BCUT2D eigenvalue weighted by molar-refractivity contribution is -0.140. The smallest absolute Gasteiger partial charge is 0.289 e. The van der Waals surface area contributed by atoms with Crippen molar-refractivity contribution < 1.29 is 18.7 Å². The number of nitrogens with zero attached hydrogens (tertiary/aromatic N) is 2. The van der Waals surface area contributed by atoms with Gasteiger partial charge in [-0.3, -0.25) is 9.59 Å². The van der Waals surface area contributed by atoms with E-state index >= 15 is 0 Å². The number of amides is 2. The summed E-state index contributed by atoms with van der Waals surface area (Å²) >= 11 is 0. The Hall–Kier alpha value is -1.82. The molecule has 0 radical (unpaired) electrons. The van der Waals surface area contributed by atoms with Crippen LogP contribution in [0.25, 0.3) is 0 Å². The summed E-state index contributed by atoms with van der Waals surface area (Å²) in [6, 6.07) is 3.45. The van der Waals surface area contributed by atoms with Crippen LogP contribution >= 0.6 is 0 Å². The van der Waals surface area contributed by atoms with Crippen molar-refractivity contribution >= 4 is 11.8 Å². The van der Waals surface area contributed by atoms with Crippen molar-refractivity contribution in [1.82, 2.24) is 9.80 Å². The highest BCUT2D eigenvalue weighted by molar-refractivity contribution is 5.91. The van der Waals surface area contributed by atoms with Crippen LogP contribution in [0.3, 0.4) is 0 Å². The molecule has 3 saturated heterocycles. The maximum atomic E-state index is 12.5. The standard InChI is InChI=1S/C20H28N2O4/c23-18(21-8-1-2-9-21)14-16-5-13-26-20(15-16)6-10-22(11-7-20)19(24)17-4-3-12-25-17/h3-4,12,16H,1-2,5-11,13-15H2. The summed E-state index contributed by atoms with van der Waals surface area (Å²) in [5.41, 5.74) is -0.159. The molecule has 0 aliphatic carbocycles. The van der Waals surface area contributed by atoms with E-state index in [0.29, 0.717) is 37.1 Å². The third-order valence-corrected chi connectivity index (χ3v) is 6.21. The van der Waals surface area contributed by atoms with Gasteiger partial charge < -0.3 is 19.0 Å². The lowest BCUT2D eigenvalue weighted by atomic mass is 9.78. The highest BCUT2D eigenvalue weighted by Crippen LogP contribution is 2.39. The molecule has 2 amide bonds. The van der Waals surface area contributed by atoms with E-state index in [4.69, 9.17) is 9.15 Å². The molecule has 142 valence electrons. The maximum absolute atomic E-state index is 12.5. The van der Waals surface area contributed by atoms with Gasteiger partial charge in [0.15, 0.2) is 5.76 Å². The van der Waals surface area contributed by atoms with Crippen molar-refractivity contribution in [3.05, 3.63) is 24.2 Å². The highest BCUT2D eigenvalue weighted by Gasteiger charge is 2.42. The minimum atomic E-state index is -0.159. The predicted octanol–water partition coefficient (Wildman–Crippen LogP) is 2.69. The number of rotatable bonds is 3. The summed E-state index contributed by atoms with van der Waals surface area (Å²) in [7, 11) is 0. The van der Waals surface area contributed by atoms with Crippen LogP contribution in [0.4, 0.5) is 0 Å². The van der Waals surface area contributed by atoms with Crippen molar-refractivity contribution in [2.45, 2.75) is 50.5 Å². The van der Waals surface area contributed by atoms with E-state index in [9.17, 15) is 9.59 Å². The Morgan fingerprint density at radius 1 is 1.12 bits per heavy atom. The van der Waals surface area contributed by atoms with Gasteiger partial charge in [-0.2, -0.15) is 0 Å². The molecular formula is C20H28N2O4. The lowest BCUT2D eigenvalue weighted by Gasteiger charge is -2.46. The second kappa shape index (κ2) is 7.43. The van der Waals surface area contributed by atoms with Gasteiger partial charge in [0.05, 0.1) is 11.9 Å². The van der Waals surface area contributed by atoms with Gasteiger partial charge in [0.25, 0.3) is 5.91 Å². The van der Waals surface area contributed by atoms with Crippen LogP contribution < -0.4 is 0 Å². The Morgan fingerprint density at radius 3 is 2.58 bits per heavy atom. The van der Waals surface area contributed by atoms with Gasteiger partial charge in [0.2, 0.25) is 5.91 Å². The fraction of sp³-hybridized carbons (Fsp3) is 0.700. The van der Waals surface area contributed by atoms with Gasteiger partial charge in [-0.1, -0.05) is 0 Å². The molecule has 3 fully saturated rings. The van der Waals surface area contributed by atoms with Crippen LogP contribution in [0.5, 0.6) is 0 Å². The Kier molecular flexibility index (Phi) is 5.02. The first-order valence-corrected chi connectivity index (χ1v) is 9.90. The summed E-state index contributed by atoms with van der Waals surface area (Å²) in [5.74, 6) is 1.08. The average molecular weight is 360 g/mol. The summed E-state index contributed by atoms with van der Waals surface area (Å²) < 4.78 is 11.4. The molecule has 0 aromatic carbocycles. The number of furan rings is 1. The number of hydrogen-bond acceptors (Lipinski definition) is 4. The quantitative estimate of drug-likeness (QED) is 0.831. The maximum Gasteiger partial charge on any atom is 0.289 e. The van der Waals surface area contributed by atoms with Gasteiger partial charge in [0, 0.05) is 39.2 Å². The van der Waals surface area contributed by atoms with E-state index in [0.717, 1.165) is 58.2 Å². The Labute approximate surface area is 154 Å². The number of ether oxygens (including phenoxy) is 1. The predicted molar refractivity (Wildman–Crippen MR) is 95.7 cm³/mol. The number of piperidine rings is 1. The minimum absolute atomic E-state index is 0.0404. The molecule has 1 aromatic heterocycles. The molecule has 1 atom stereocenters.